The van der Waals surface area contributed by atoms with Gasteiger partial charge in [-0.05, 0) is 18.6 Å². The normalized spacial score (nSPS) is 21.8. The first-order chi connectivity index (χ1) is 9.65. The highest BCUT2D eigenvalue weighted by atomic mass is 32.2. The summed E-state index contributed by atoms with van der Waals surface area (Å²) in [4.78, 5) is -0.508. The summed E-state index contributed by atoms with van der Waals surface area (Å²) in [5.74, 6) is -2.34. The highest BCUT2D eigenvalue weighted by Gasteiger charge is 2.38. The molecule has 0 N–H and O–H groups in total. The molecule has 0 aromatic heterocycles. The van der Waals surface area contributed by atoms with Crippen molar-refractivity contribution in [2.24, 2.45) is 0 Å². The Bertz CT molecular complexity index is 726. The Labute approximate surface area is 122 Å². The summed E-state index contributed by atoms with van der Waals surface area (Å²) in [7, 11) is -7.40. The monoisotopic (exact) mass is 339 g/mol. The van der Waals surface area contributed by atoms with Crippen molar-refractivity contribution < 1.29 is 25.6 Å². The maximum atomic E-state index is 13.2. The number of hydrogen-bond acceptors (Lipinski definition) is 4. The van der Waals surface area contributed by atoms with Crippen LogP contribution in [0.3, 0.4) is 0 Å². The van der Waals surface area contributed by atoms with Crippen molar-refractivity contribution >= 4 is 19.9 Å². The Morgan fingerprint density at radius 1 is 1.24 bits per heavy atom. The van der Waals surface area contributed by atoms with Gasteiger partial charge in [0.05, 0.1) is 16.4 Å². The van der Waals surface area contributed by atoms with Gasteiger partial charge in [-0.15, -0.1) is 0 Å². The summed E-state index contributed by atoms with van der Waals surface area (Å²) in [5.41, 5.74) is 0. The predicted octanol–water partition coefficient (Wildman–Crippen LogP) is 1.16. The average molecular weight is 339 g/mol. The molecule has 21 heavy (non-hydrogen) atoms. The van der Waals surface area contributed by atoms with Gasteiger partial charge in [0.25, 0.3) is 0 Å². The van der Waals surface area contributed by atoms with E-state index in [-0.39, 0.29) is 24.5 Å². The summed E-state index contributed by atoms with van der Waals surface area (Å²) >= 11 is 0. The second kappa shape index (κ2) is 5.62. The molecular formula is C12H15F2NO4S2. The van der Waals surface area contributed by atoms with E-state index in [0.29, 0.717) is 6.07 Å². The standard InChI is InChI=1S/C12H15F2NO4S2/c1-2-15(11-3-4-20(16,17)8-11)21(18,19)12-6-9(13)5-10(14)7-12/h5-7,11H,2-4,8H2,1H3. The minimum Gasteiger partial charge on any atom is -0.229 e. The van der Waals surface area contributed by atoms with Crippen LogP contribution in [-0.4, -0.2) is 45.2 Å². The van der Waals surface area contributed by atoms with Crippen LogP contribution in [0, 0.1) is 11.6 Å². The van der Waals surface area contributed by atoms with Gasteiger partial charge in [-0.2, -0.15) is 4.31 Å². The predicted molar refractivity (Wildman–Crippen MR) is 73.0 cm³/mol. The largest absolute Gasteiger partial charge is 0.243 e. The number of sulfonamides is 1. The number of rotatable bonds is 4. The van der Waals surface area contributed by atoms with Crippen LogP contribution in [0.25, 0.3) is 0 Å². The highest BCUT2D eigenvalue weighted by molar-refractivity contribution is 7.92. The van der Waals surface area contributed by atoms with E-state index in [1.54, 1.807) is 6.92 Å². The number of halogens is 2. The maximum absolute atomic E-state index is 13.2. The zero-order chi connectivity index (χ0) is 15.8. The van der Waals surface area contributed by atoms with Crippen molar-refractivity contribution in [3.05, 3.63) is 29.8 Å². The second-order valence-electron chi connectivity index (χ2n) is 4.87. The first kappa shape index (κ1) is 16.3. The van der Waals surface area contributed by atoms with Gasteiger partial charge in [-0.1, -0.05) is 6.92 Å². The fourth-order valence-corrected chi connectivity index (χ4v) is 5.97. The van der Waals surface area contributed by atoms with E-state index in [0.717, 1.165) is 16.4 Å². The minimum absolute atomic E-state index is 0.0284. The molecule has 0 radical (unpaired) electrons. The molecule has 1 aromatic rings. The summed E-state index contributed by atoms with van der Waals surface area (Å²) < 4.78 is 75.3. The Morgan fingerprint density at radius 2 is 1.81 bits per heavy atom. The lowest BCUT2D eigenvalue weighted by atomic mass is 10.3. The summed E-state index contributed by atoms with van der Waals surface area (Å²) in [6.45, 7) is 1.58. The molecule has 1 aromatic carbocycles. The lowest BCUT2D eigenvalue weighted by Gasteiger charge is -2.26. The fourth-order valence-electron chi connectivity index (χ4n) is 2.44. The molecule has 1 atom stereocenters. The molecule has 0 bridgehead atoms. The molecule has 1 aliphatic heterocycles. The molecule has 118 valence electrons. The summed E-state index contributed by atoms with van der Waals surface area (Å²) in [6.07, 6.45) is 0.188. The van der Waals surface area contributed by atoms with Crippen LogP contribution >= 0.6 is 0 Å². The number of nitrogens with zero attached hydrogens (tertiary/aromatic N) is 1. The Hall–Kier alpha value is -1.06. The zero-order valence-electron chi connectivity index (χ0n) is 11.3. The molecular weight excluding hydrogens is 324 g/mol. The number of hydrogen-bond donors (Lipinski definition) is 0. The van der Waals surface area contributed by atoms with Crippen LogP contribution in [0.15, 0.2) is 23.1 Å². The van der Waals surface area contributed by atoms with Crippen LogP contribution in [0.1, 0.15) is 13.3 Å². The van der Waals surface area contributed by atoms with Crippen LogP contribution in [0.5, 0.6) is 0 Å². The molecule has 0 spiro atoms. The van der Waals surface area contributed by atoms with Crippen molar-refractivity contribution in [3.8, 4) is 0 Å². The molecule has 2 rings (SSSR count). The second-order valence-corrected chi connectivity index (χ2v) is 8.99. The first-order valence-corrected chi connectivity index (χ1v) is 9.60. The third-order valence-electron chi connectivity index (χ3n) is 3.37. The molecule has 1 heterocycles. The maximum Gasteiger partial charge on any atom is 0.243 e. The molecule has 5 nitrogen and oxygen atoms in total. The Balaban J connectivity index is 2.41. The quantitative estimate of drug-likeness (QED) is 0.825. The van der Waals surface area contributed by atoms with E-state index < -0.39 is 42.4 Å². The van der Waals surface area contributed by atoms with E-state index in [9.17, 15) is 25.6 Å². The van der Waals surface area contributed by atoms with E-state index >= 15 is 0 Å². The number of sulfone groups is 1. The van der Waals surface area contributed by atoms with E-state index in [2.05, 4.69) is 0 Å². The summed E-state index contributed by atoms with van der Waals surface area (Å²) in [5, 5.41) is 0. The highest BCUT2D eigenvalue weighted by Crippen LogP contribution is 2.25. The van der Waals surface area contributed by atoms with Gasteiger partial charge < -0.3 is 0 Å². The molecule has 1 unspecified atom stereocenters. The molecule has 0 amide bonds. The Morgan fingerprint density at radius 3 is 2.24 bits per heavy atom. The smallest absolute Gasteiger partial charge is 0.229 e. The lowest BCUT2D eigenvalue weighted by molar-refractivity contribution is 0.354. The molecule has 0 aliphatic carbocycles. The zero-order valence-corrected chi connectivity index (χ0v) is 12.9. The van der Waals surface area contributed by atoms with Crippen LogP contribution in [0.2, 0.25) is 0 Å². The van der Waals surface area contributed by atoms with E-state index in [1.807, 2.05) is 0 Å². The molecule has 1 aliphatic rings. The van der Waals surface area contributed by atoms with Crippen molar-refractivity contribution in [1.29, 1.82) is 0 Å². The molecule has 9 heteroatoms. The summed E-state index contributed by atoms with van der Waals surface area (Å²) in [6, 6.07) is 1.33. The lowest BCUT2D eigenvalue weighted by Crippen LogP contribution is -2.40. The average Bonchev–Trinajstić information content (AvgIpc) is 2.68. The van der Waals surface area contributed by atoms with Crippen LogP contribution in [0.4, 0.5) is 8.78 Å². The molecule has 0 saturated carbocycles. The van der Waals surface area contributed by atoms with Crippen molar-refractivity contribution in [2.45, 2.75) is 24.3 Å². The molecule has 1 fully saturated rings. The SMILES string of the molecule is CCN(C1CCS(=O)(=O)C1)S(=O)(=O)c1cc(F)cc(F)c1. The topological polar surface area (TPSA) is 71.5 Å². The van der Waals surface area contributed by atoms with E-state index in [1.165, 1.54) is 0 Å². The minimum atomic E-state index is -4.14. The fraction of sp³-hybridized carbons (Fsp3) is 0.500. The van der Waals surface area contributed by atoms with Crippen LogP contribution in [-0.2, 0) is 19.9 Å². The van der Waals surface area contributed by atoms with Gasteiger partial charge in [-0.3, -0.25) is 0 Å². The van der Waals surface area contributed by atoms with Gasteiger partial charge in [0.1, 0.15) is 11.6 Å². The Kier molecular flexibility index (Phi) is 4.36. The number of benzene rings is 1. The van der Waals surface area contributed by atoms with Crippen molar-refractivity contribution in [2.75, 3.05) is 18.1 Å². The third kappa shape index (κ3) is 3.41. The van der Waals surface area contributed by atoms with Crippen LogP contribution < -0.4 is 0 Å². The van der Waals surface area contributed by atoms with E-state index in [4.69, 9.17) is 0 Å². The van der Waals surface area contributed by atoms with Gasteiger partial charge in [0, 0.05) is 18.7 Å². The van der Waals surface area contributed by atoms with Gasteiger partial charge in [0.15, 0.2) is 9.84 Å². The first-order valence-electron chi connectivity index (χ1n) is 6.34. The van der Waals surface area contributed by atoms with Gasteiger partial charge >= 0.3 is 0 Å². The van der Waals surface area contributed by atoms with Crippen molar-refractivity contribution in [1.82, 2.24) is 4.31 Å². The van der Waals surface area contributed by atoms with Gasteiger partial charge in [-0.25, -0.2) is 25.6 Å². The van der Waals surface area contributed by atoms with Crippen molar-refractivity contribution in [3.63, 3.8) is 0 Å². The third-order valence-corrected chi connectivity index (χ3v) is 7.13. The molecule has 1 saturated heterocycles. The van der Waals surface area contributed by atoms with Gasteiger partial charge in [0.2, 0.25) is 10.0 Å².